The van der Waals surface area contributed by atoms with Gasteiger partial charge in [0.05, 0.1) is 17.2 Å². The van der Waals surface area contributed by atoms with Crippen LogP contribution in [0.5, 0.6) is 0 Å². The highest BCUT2D eigenvalue weighted by Crippen LogP contribution is 2.39. The summed E-state index contributed by atoms with van der Waals surface area (Å²) in [7, 11) is 0. The minimum absolute atomic E-state index is 0.353. The van der Waals surface area contributed by atoms with Crippen LogP contribution in [0.3, 0.4) is 0 Å². The molecule has 1 aromatic heterocycles. The van der Waals surface area contributed by atoms with Gasteiger partial charge in [-0.2, -0.15) is 10.2 Å². The van der Waals surface area contributed by atoms with Gasteiger partial charge in [-0.25, -0.2) is 0 Å². The van der Waals surface area contributed by atoms with Crippen molar-refractivity contribution in [3.05, 3.63) is 24.0 Å². The third-order valence-corrected chi connectivity index (χ3v) is 3.18. The van der Waals surface area contributed by atoms with E-state index < -0.39 is 0 Å². The second kappa shape index (κ2) is 3.63. The highest BCUT2D eigenvalue weighted by atomic mass is 16.3. The lowest BCUT2D eigenvalue weighted by atomic mass is 9.80. The summed E-state index contributed by atoms with van der Waals surface area (Å²) in [6.45, 7) is 0.437. The molecule has 0 aliphatic heterocycles. The quantitative estimate of drug-likeness (QED) is 0.704. The predicted octanol–water partition coefficient (Wildman–Crippen LogP) is 0.218. The molecule has 0 amide bonds. The van der Waals surface area contributed by atoms with Crippen LogP contribution in [-0.2, 0) is 5.41 Å². The Morgan fingerprint density at radius 2 is 2.50 bits per heavy atom. The fraction of sp³-hybridized carbons (Fsp3) is 0.600. The molecule has 3 N–H and O–H groups in total. The largest absolute Gasteiger partial charge is 0.392 e. The van der Waals surface area contributed by atoms with Crippen molar-refractivity contribution in [2.24, 2.45) is 5.73 Å². The van der Waals surface area contributed by atoms with Crippen molar-refractivity contribution in [2.45, 2.75) is 30.8 Å². The lowest BCUT2D eigenvalue weighted by Gasteiger charge is -2.29. The summed E-state index contributed by atoms with van der Waals surface area (Å²) in [6, 6.07) is 3.74. The number of aliphatic hydroxyl groups is 1. The molecule has 0 aromatic carbocycles. The van der Waals surface area contributed by atoms with Crippen LogP contribution in [0.15, 0.2) is 18.3 Å². The first-order valence-corrected chi connectivity index (χ1v) is 4.96. The molecule has 0 saturated heterocycles. The number of aliphatic hydroxyl groups excluding tert-OH is 1. The van der Waals surface area contributed by atoms with E-state index in [0.29, 0.717) is 6.54 Å². The average molecular weight is 193 g/mol. The Hall–Kier alpha value is -1.00. The van der Waals surface area contributed by atoms with Crippen LogP contribution in [0, 0.1) is 0 Å². The van der Waals surface area contributed by atoms with E-state index >= 15 is 0 Å². The van der Waals surface area contributed by atoms with Gasteiger partial charge >= 0.3 is 0 Å². The van der Waals surface area contributed by atoms with Crippen LogP contribution >= 0.6 is 0 Å². The molecule has 2 atom stereocenters. The zero-order valence-corrected chi connectivity index (χ0v) is 8.06. The molecule has 2 rings (SSSR count). The first-order valence-electron chi connectivity index (χ1n) is 4.96. The van der Waals surface area contributed by atoms with Crippen molar-refractivity contribution in [3.8, 4) is 0 Å². The van der Waals surface area contributed by atoms with E-state index in [-0.39, 0.29) is 11.5 Å². The third kappa shape index (κ3) is 1.31. The van der Waals surface area contributed by atoms with Gasteiger partial charge in [0.25, 0.3) is 0 Å². The molecular weight excluding hydrogens is 178 g/mol. The fourth-order valence-corrected chi connectivity index (χ4v) is 2.26. The Bertz CT molecular complexity index is 303. The Balaban J connectivity index is 2.38. The van der Waals surface area contributed by atoms with Crippen LogP contribution in [-0.4, -0.2) is 28.0 Å². The molecule has 2 unspecified atom stereocenters. The topological polar surface area (TPSA) is 72.0 Å². The summed E-state index contributed by atoms with van der Waals surface area (Å²) in [6.07, 6.45) is 3.99. The summed E-state index contributed by atoms with van der Waals surface area (Å²) in [4.78, 5) is 0. The number of hydrogen-bond acceptors (Lipinski definition) is 4. The molecule has 14 heavy (non-hydrogen) atoms. The van der Waals surface area contributed by atoms with Gasteiger partial charge in [-0.3, -0.25) is 0 Å². The van der Waals surface area contributed by atoms with Gasteiger partial charge in [0.2, 0.25) is 0 Å². The minimum Gasteiger partial charge on any atom is -0.392 e. The zero-order valence-electron chi connectivity index (χ0n) is 8.06. The smallest absolute Gasteiger partial charge is 0.0731 e. The molecule has 0 spiro atoms. The number of hydrogen-bond donors (Lipinski definition) is 2. The maximum Gasteiger partial charge on any atom is 0.0731 e. The maximum atomic E-state index is 9.95. The molecule has 1 saturated carbocycles. The van der Waals surface area contributed by atoms with E-state index in [1.54, 1.807) is 6.20 Å². The Kier molecular flexibility index (Phi) is 2.48. The molecule has 1 heterocycles. The molecule has 1 aliphatic rings. The van der Waals surface area contributed by atoms with Crippen LogP contribution in [0.25, 0.3) is 0 Å². The van der Waals surface area contributed by atoms with Gasteiger partial charge in [-0.05, 0) is 31.4 Å². The second-order valence-electron chi connectivity index (χ2n) is 3.88. The summed E-state index contributed by atoms with van der Waals surface area (Å²) in [5.74, 6) is 0. The lowest BCUT2D eigenvalue weighted by Crippen LogP contribution is -2.42. The zero-order chi connectivity index (χ0) is 10.0. The minimum atomic E-state index is -0.371. The summed E-state index contributed by atoms with van der Waals surface area (Å²) >= 11 is 0. The van der Waals surface area contributed by atoms with E-state index in [1.807, 2.05) is 12.1 Å². The normalized spacial score (nSPS) is 32.0. The molecule has 4 heteroatoms. The van der Waals surface area contributed by atoms with Crippen molar-refractivity contribution in [2.75, 3.05) is 6.54 Å². The summed E-state index contributed by atoms with van der Waals surface area (Å²) in [5.41, 5.74) is 6.24. The van der Waals surface area contributed by atoms with Gasteiger partial charge < -0.3 is 10.8 Å². The molecule has 76 valence electrons. The monoisotopic (exact) mass is 193 g/mol. The van der Waals surface area contributed by atoms with Crippen molar-refractivity contribution < 1.29 is 5.11 Å². The van der Waals surface area contributed by atoms with Crippen molar-refractivity contribution >= 4 is 0 Å². The van der Waals surface area contributed by atoms with E-state index in [1.165, 1.54) is 0 Å². The number of nitrogens with two attached hydrogens (primary N) is 1. The van der Waals surface area contributed by atoms with Gasteiger partial charge in [-0.1, -0.05) is 0 Å². The van der Waals surface area contributed by atoms with Gasteiger partial charge in [-0.15, -0.1) is 0 Å². The van der Waals surface area contributed by atoms with E-state index in [9.17, 15) is 5.11 Å². The van der Waals surface area contributed by atoms with E-state index in [4.69, 9.17) is 5.73 Å². The number of rotatable bonds is 2. The molecule has 0 radical (unpaired) electrons. The molecule has 1 aromatic rings. The number of nitrogens with zero attached hydrogens (tertiary/aromatic N) is 2. The van der Waals surface area contributed by atoms with Gasteiger partial charge in [0.1, 0.15) is 0 Å². The van der Waals surface area contributed by atoms with E-state index in [2.05, 4.69) is 10.2 Å². The third-order valence-electron chi connectivity index (χ3n) is 3.18. The number of aromatic nitrogens is 2. The maximum absolute atomic E-state index is 9.95. The first-order chi connectivity index (χ1) is 6.79. The molecular formula is C10H15N3O. The van der Waals surface area contributed by atoms with Crippen LogP contribution in [0.1, 0.15) is 25.0 Å². The fourth-order valence-electron chi connectivity index (χ4n) is 2.26. The lowest BCUT2D eigenvalue weighted by molar-refractivity contribution is 0.107. The Labute approximate surface area is 83.2 Å². The first kappa shape index (κ1) is 9.55. The Morgan fingerprint density at radius 3 is 3.00 bits per heavy atom. The molecule has 4 nitrogen and oxygen atoms in total. The van der Waals surface area contributed by atoms with Crippen molar-refractivity contribution in [1.82, 2.24) is 10.2 Å². The van der Waals surface area contributed by atoms with Crippen LogP contribution in [0.2, 0.25) is 0 Å². The second-order valence-corrected chi connectivity index (χ2v) is 3.88. The molecule has 1 fully saturated rings. The SMILES string of the molecule is NCC1(c2cccnn2)CCCC1O. The van der Waals surface area contributed by atoms with Crippen molar-refractivity contribution in [1.29, 1.82) is 0 Å². The summed E-state index contributed by atoms with van der Waals surface area (Å²) in [5, 5.41) is 17.8. The van der Waals surface area contributed by atoms with Gasteiger partial charge in [0.15, 0.2) is 0 Å². The van der Waals surface area contributed by atoms with Crippen molar-refractivity contribution in [3.63, 3.8) is 0 Å². The van der Waals surface area contributed by atoms with Crippen LogP contribution < -0.4 is 5.73 Å². The average Bonchev–Trinajstić information content (AvgIpc) is 2.62. The highest BCUT2D eigenvalue weighted by molar-refractivity contribution is 5.20. The molecule has 0 bridgehead atoms. The van der Waals surface area contributed by atoms with Crippen LogP contribution in [0.4, 0.5) is 0 Å². The summed E-state index contributed by atoms with van der Waals surface area (Å²) < 4.78 is 0. The molecule has 1 aliphatic carbocycles. The standard InChI is InChI=1S/C10H15N3O/c11-7-10(5-1-4-9(10)14)8-3-2-6-12-13-8/h2-3,6,9,14H,1,4-5,7,11H2. The predicted molar refractivity (Wildman–Crippen MR) is 52.6 cm³/mol. The van der Waals surface area contributed by atoms with E-state index in [0.717, 1.165) is 25.0 Å². The highest BCUT2D eigenvalue weighted by Gasteiger charge is 2.43. The van der Waals surface area contributed by atoms with Gasteiger partial charge in [0, 0.05) is 12.7 Å². The Morgan fingerprint density at radius 1 is 1.64 bits per heavy atom.